The molecular weight excluding hydrogens is 176 g/mol. The van der Waals surface area contributed by atoms with Crippen LogP contribution in [0.15, 0.2) is 0 Å². The normalized spacial score (nSPS) is 26.5. The smallest absolute Gasteiger partial charge is 0.462 e. The Kier molecular flexibility index (Phi) is 3.11. The molecule has 0 aromatic rings. The van der Waals surface area contributed by atoms with Crippen molar-refractivity contribution in [3.63, 3.8) is 0 Å². The lowest BCUT2D eigenvalue weighted by atomic mass is 10.2. The van der Waals surface area contributed by atoms with E-state index in [0.717, 1.165) is 0 Å². The second-order valence-electron chi connectivity index (χ2n) is 2.77. The Labute approximate surface area is 76.0 Å². The van der Waals surface area contributed by atoms with Gasteiger partial charge in [0.25, 0.3) is 0 Å². The van der Waals surface area contributed by atoms with E-state index in [4.69, 9.17) is 9.47 Å². The van der Waals surface area contributed by atoms with E-state index in [-0.39, 0.29) is 18.7 Å². The van der Waals surface area contributed by atoms with Gasteiger partial charge in [0.1, 0.15) is 12.7 Å². The predicted octanol–water partition coefficient (Wildman–Crippen LogP) is 0.864. The average Bonchev–Trinajstić information content (AvgIpc) is 2.41. The first-order valence-corrected chi connectivity index (χ1v) is 4.16. The van der Waals surface area contributed by atoms with Crippen LogP contribution in [0.2, 0.25) is 0 Å². The summed E-state index contributed by atoms with van der Waals surface area (Å²) in [6.45, 7) is 3.46. The molecule has 74 valence electrons. The van der Waals surface area contributed by atoms with Gasteiger partial charge in [0, 0.05) is 6.42 Å². The summed E-state index contributed by atoms with van der Waals surface area (Å²) in [6, 6.07) is 0. The van der Waals surface area contributed by atoms with Gasteiger partial charge in [-0.1, -0.05) is 6.92 Å². The minimum Gasteiger partial charge on any atom is -0.462 e. The molecule has 0 N–H and O–H groups in total. The Balaban J connectivity index is 2.29. The summed E-state index contributed by atoms with van der Waals surface area (Å²) in [4.78, 5) is 21.3. The van der Waals surface area contributed by atoms with Crippen LogP contribution in [0.25, 0.3) is 0 Å². The van der Waals surface area contributed by atoms with Gasteiger partial charge < -0.3 is 14.2 Å². The van der Waals surface area contributed by atoms with Gasteiger partial charge in [-0.2, -0.15) is 0 Å². The maximum atomic E-state index is 10.8. The van der Waals surface area contributed by atoms with Gasteiger partial charge >= 0.3 is 12.1 Å². The van der Waals surface area contributed by atoms with Crippen LogP contribution in [-0.2, 0) is 19.0 Å². The summed E-state index contributed by atoms with van der Waals surface area (Å²) in [5.74, 6) is -0.310. The SMILES string of the molecule is CCC(=O)OCC1OC(=O)OC1C. The van der Waals surface area contributed by atoms with E-state index >= 15 is 0 Å². The van der Waals surface area contributed by atoms with Crippen molar-refractivity contribution in [3.05, 3.63) is 0 Å². The van der Waals surface area contributed by atoms with Crippen LogP contribution in [0.1, 0.15) is 20.3 Å². The summed E-state index contributed by atoms with van der Waals surface area (Å²) in [5, 5.41) is 0. The first-order valence-electron chi connectivity index (χ1n) is 4.16. The van der Waals surface area contributed by atoms with E-state index in [1.54, 1.807) is 13.8 Å². The summed E-state index contributed by atoms with van der Waals surface area (Å²) in [7, 11) is 0. The third-order valence-corrected chi connectivity index (χ3v) is 1.75. The van der Waals surface area contributed by atoms with Gasteiger partial charge in [-0.25, -0.2) is 4.79 Å². The fraction of sp³-hybridized carbons (Fsp3) is 0.750. The van der Waals surface area contributed by atoms with Crippen LogP contribution in [0, 0.1) is 0 Å². The molecule has 13 heavy (non-hydrogen) atoms. The molecule has 1 rings (SSSR count). The molecule has 0 aromatic heterocycles. The van der Waals surface area contributed by atoms with E-state index in [0.29, 0.717) is 6.42 Å². The lowest BCUT2D eigenvalue weighted by molar-refractivity contribution is -0.146. The third-order valence-electron chi connectivity index (χ3n) is 1.75. The van der Waals surface area contributed by atoms with Crippen molar-refractivity contribution in [2.75, 3.05) is 6.61 Å². The lowest BCUT2D eigenvalue weighted by Crippen LogP contribution is -2.26. The van der Waals surface area contributed by atoms with Crippen molar-refractivity contribution >= 4 is 12.1 Å². The van der Waals surface area contributed by atoms with Crippen LogP contribution < -0.4 is 0 Å². The lowest BCUT2D eigenvalue weighted by Gasteiger charge is -2.10. The van der Waals surface area contributed by atoms with E-state index in [2.05, 4.69) is 4.74 Å². The minimum atomic E-state index is -0.704. The number of hydrogen-bond donors (Lipinski definition) is 0. The van der Waals surface area contributed by atoms with E-state index in [1.807, 2.05) is 0 Å². The first-order chi connectivity index (χ1) is 6.13. The zero-order valence-corrected chi connectivity index (χ0v) is 7.61. The van der Waals surface area contributed by atoms with Crippen LogP contribution in [0.4, 0.5) is 4.79 Å². The number of cyclic esters (lactones) is 2. The molecule has 1 fully saturated rings. The molecule has 0 aromatic carbocycles. The average molecular weight is 188 g/mol. The Hall–Kier alpha value is -1.26. The van der Waals surface area contributed by atoms with Gasteiger partial charge in [0.2, 0.25) is 0 Å². The van der Waals surface area contributed by atoms with E-state index in [9.17, 15) is 9.59 Å². The number of ether oxygens (including phenoxy) is 3. The number of rotatable bonds is 3. The Bertz CT molecular complexity index is 213. The molecule has 5 nitrogen and oxygen atoms in total. The Morgan fingerprint density at radius 1 is 1.54 bits per heavy atom. The molecule has 1 saturated heterocycles. The molecule has 1 heterocycles. The van der Waals surface area contributed by atoms with Crippen molar-refractivity contribution in [3.8, 4) is 0 Å². The zero-order chi connectivity index (χ0) is 9.84. The maximum absolute atomic E-state index is 10.8. The molecule has 0 bridgehead atoms. The standard InChI is InChI=1S/C8H12O5/c1-3-7(9)11-4-6-5(2)12-8(10)13-6/h5-6H,3-4H2,1-2H3. The molecular formula is C8H12O5. The number of carbonyl (C=O) groups is 2. The van der Waals surface area contributed by atoms with Gasteiger partial charge in [0.15, 0.2) is 6.10 Å². The van der Waals surface area contributed by atoms with Crippen molar-refractivity contribution in [1.29, 1.82) is 0 Å². The van der Waals surface area contributed by atoms with E-state index in [1.165, 1.54) is 0 Å². The van der Waals surface area contributed by atoms with Crippen LogP contribution in [0.5, 0.6) is 0 Å². The number of hydrogen-bond acceptors (Lipinski definition) is 5. The largest absolute Gasteiger partial charge is 0.509 e. The molecule has 0 spiro atoms. The predicted molar refractivity (Wildman–Crippen MR) is 42.1 cm³/mol. The van der Waals surface area contributed by atoms with Crippen molar-refractivity contribution in [2.24, 2.45) is 0 Å². The third kappa shape index (κ3) is 2.61. The molecule has 2 atom stereocenters. The highest BCUT2D eigenvalue weighted by atomic mass is 16.8. The van der Waals surface area contributed by atoms with Crippen LogP contribution in [-0.4, -0.2) is 30.9 Å². The Morgan fingerprint density at radius 2 is 2.23 bits per heavy atom. The molecule has 0 amide bonds. The van der Waals surface area contributed by atoms with Crippen LogP contribution in [0.3, 0.4) is 0 Å². The van der Waals surface area contributed by atoms with Gasteiger partial charge in [-0.05, 0) is 6.92 Å². The maximum Gasteiger partial charge on any atom is 0.509 e. The van der Waals surface area contributed by atoms with Gasteiger partial charge in [-0.3, -0.25) is 4.79 Å². The van der Waals surface area contributed by atoms with Gasteiger partial charge in [-0.15, -0.1) is 0 Å². The van der Waals surface area contributed by atoms with Crippen molar-refractivity contribution in [1.82, 2.24) is 0 Å². The molecule has 1 aliphatic rings. The van der Waals surface area contributed by atoms with Gasteiger partial charge in [0.05, 0.1) is 0 Å². The first kappa shape index (κ1) is 9.83. The number of carbonyl (C=O) groups excluding carboxylic acids is 2. The van der Waals surface area contributed by atoms with Crippen LogP contribution >= 0.6 is 0 Å². The fourth-order valence-corrected chi connectivity index (χ4v) is 0.922. The Morgan fingerprint density at radius 3 is 2.69 bits per heavy atom. The molecule has 0 radical (unpaired) electrons. The second kappa shape index (κ2) is 4.11. The zero-order valence-electron chi connectivity index (χ0n) is 7.61. The highest BCUT2D eigenvalue weighted by molar-refractivity contribution is 5.69. The second-order valence-corrected chi connectivity index (χ2v) is 2.77. The molecule has 0 saturated carbocycles. The minimum absolute atomic E-state index is 0.0690. The highest BCUT2D eigenvalue weighted by Crippen LogP contribution is 2.14. The highest BCUT2D eigenvalue weighted by Gasteiger charge is 2.33. The van der Waals surface area contributed by atoms with Crippen molar-refractivity contribution in [2.45, 2.75) is 32.5 Å². The summed E-state index contributed by atoms with van der Waals surface area (Å²) < 4.78 is 14.2. The topological polar surface area (TPSA) is 61.8 Å². The quantitative estimate of drug-likeness (QED) is 0.615. The number of esters is 1. The van der Waals surface area contributed by atoms with Crippen molar-refractivity contribution < 1.29 is 23.8 Å². The fourth-order valence-electron chi connectivity index (χ4n) is 0.922. The summed E-state index contributed by atoms with van der Waals surface area (Å²) in [5.41, 5.74) is 0. The molecule has 2 unspecified atom stereocenters. The molecule has 5 heteroatoms. The molecule has 1 aliphatic heterocycles. The monoisotopic (exact) mass is 188 g/mol. The summed E-state index contributed by atoms with van der Waals surface area (Å²) in [6.07, 6.45) is -1.21. The molecule has 0 aliphatic carbocycles. The van der Waals surface area contributed by atoms with E-state index < -0.39 is 12.3 Å². The summed E-state index contributed by atoms with van der Waals surface area (Å²) >= 11 is 0.